The Kier molecular flexibility index (Phi) is 12.2. The zero-order chi connectivity index (χ0) is 42.1. The van der Waals surface area contributed by atoms with Crippen LogP contribution >= 0.6 is 11.6 Å². The summed E-state index contributed by atoms with van der Waals surface area (Å²) < 4.78 is 6.20. The first-order valence-electron chi connectivity index (χ1n) is 21.9. The molecule has 0 heterocycles. The maximum atomic E-state index is 14.3. The number of hydrogen-bond donors (Lipinski definition) is 2. The van der Waals surface area contributed by atoms with Crippen LogP contribution in [0.4, 0.5) is 0 Å². The smallest absolute Gasteiger partial charge is 0.309 e. The predicted molar refractivity (Wildman–Crippen MR) is 227 cm³/mol. The third kappa shape index (κ3) is 7.58. The average Bonchev–Trinajstić information content (AvgIpc) is 3.42. The van der Waals surface area contributed by atoms with Gasteiger partial charge in [0.2, 0.25) is 0 Å². The minimum absolute atomic E-state index is 0.0333. The summed E-state index contributed by atoms with van der Waals surface area (Å²) in [7, 11) is 4.16. The number of fused-ring (bicyclic) bond motifs is 7. The Morgan fingerprint density at radius 3 is 2.28 bits per heavy atom. The minimum atomic E-state index is -1.17. The molecule has 5 aliphatic carbocycles. The number of esters is 1. The van der Waals surface area contributed by atoms with Crippen molar-refractivity contribution in [3.63, 3.8) is 0 Å². The summed E-state index contributed by atoms with van der Waals surface area (Å²) >= 11 is 6.41. The molecule has 4 fully saturated rings. The van der Waals surface area contributed by atoms with Crippen molar-refractivity contribution in [2.24, 2.45) is 56.2 Å². The SMILES string of the molecule is CC(C)C1=C2[C@@H]3CC[C@@H]4[C@]5(C)CC[C@H](OC(=O)CC(C)(C)C(=O)O)C(C)(C)[C@@H]5CC[C@]4(C)[C@]3(C)CC[C@@]2([C@H](O)CN(CCN(C)C)Cc2cccc(Cl)c2)CC1=O. The number of Topliss-reactive ketones (excluding diaryl/α,β-unsaturated/α-hetero) is 1. The summed E-state index contributed by atoms with van der Waals surface area (Å²) in [5, 5.41) is 23.1. The van der Waals surface area contributed by atoms with Gasteiger partial charge in [0.25, 0.3) is 0 Å². The molecule has 0 radical (unpaired) electrons. The van der Waals surface area contributed by atoms with Gasteiger partial charge in [0.15, 0.2) is 5.78 Å². The largest absolute Gasteiger partial charge is 0.481 e. The molecule has 8 nitrogen and oxygen atoms in total. The van der Waals surface area contributed by atoms with Gasteiger partial charge < -0.3 is 19.8 Å². The lowest BCUT2D eigenvalue weighted by atomic mass is 9.33. The molecule has 4 saturated carbocycles. The Labute approximate surface area is 348 Å². The van der Waals surface area contributed by atoms with Crippen molar-refractivity contribution in [1.82, 2.24) is 9.80 Å². The highest BCUT2D eigenvalue weighted by molar-refractivity contribution is 6.30. The molecule has 0 amide bonds. The number of aliphatic carboxylic acids is 1. The Morgan fingerprint density at radius 1 is 0.947 bits per heavy atom. The number of carbonyl (C=O) groups excluding carboxylic acids is 2. The van der Waals surface area contributed by atoms with Gasteiger partial charge >= 0.3 is 11.9 Å². The summed E-state index contributed by atoms with van der Waals surface area (Å²) in [6.07, 6.45) is 7.11. The maximum absolute atomic E-state index is 14.3. The monoisotopic (exact) mass is 809 g/mol. The highest BCUT2D eigenvalue weighted by atomic mass is 35.5. The lowest BCUT2D eigenvalue weighted by Crippen LogP contribution is -2.66. The Balaban J connectivity index is 1.29. The van der Waals surface area contributed by atoms with Crippen molar-refractivity contribution in [2.45, 2.75) is 145 Å². The van der Waals surface area contributed by atoms with Crippen LogP contribution in [0.25, 0.3) is 0 Å². The van der Waals surface area contributed by atoms with Crippen LogP contribution in [-0.4, -0.2) is 83.7 Å². The summed E-state index contributed by atoms with van der Waals surface area (Å²) in [5.74, 6) is -0.00895. The number of benzene rings is 1. The van der Waals surface area contributed by atoms with E-state index in [0.29, 0.717) is 36.4 Å². The molecule has 0 aromatic heterocycles. The zero-order valence-corrected chi connectivity index (χ0v) is 37.7. The first-order valence-corrected chi connectivity index (χ1v) is 22.3. The zero-order valence-electron chi connectivity index (χ0n) is 37.0. The third-order valence-electron chi connectivity index (χ3n) is 17.1. The topological polar surface area (TPSA) is 107 Å². The van der Waals surface area contributed by atoms with Crippen molar-refractivity contribution in [3.8, 4) is 0 Å². The van der Waals surface area contributed by atoms with Crippen LogP contribution in [0.3, 0.4) is 0 Å². The molecule has 2 N–H and O–H groups in total. The van der Waals surface area contributed by atoms with E-state index in [9.17, 15) is 24.6 Å². The molecule has 318 valence electrons. The van der Waals surface area contributed by atoms with Gasteiger partial charge in [0, 0.05) is 48.5 Å². The fraction of sp³-hybridized carbons (Fsp3) is 0.771. The standard InChI is InChI=1S/C48H73ClN2O6/c1-30(2)40-34(52)26-48(37(53)29-51(24-23-50(10)11)28-31-13-12-14-32(49)25-31)22-21-46(8)33(41(40)48)15-16-36-45(7)19-18-38(57-39(54)27-43(3,4)42(55)56)44(5,6)35(45)17-20-47(36,46)9/h12-14,25,30,33,35-38,53H,15-24,26-29H2,1-11H3,(H,55,56)/t33-,35-,36+,37+,38-,45+,46+,47-,48-/m0/s1. The number of nitrogens with zero attached hydrogens (tertiary/aromatic N) is 2. The fourth-order valence-corrected chi connectivity index (χ4v) is 14.0. The first-order chi connectivity index (χ1) is 26.4. The number of allylic oxidation sites excluding steroid dienone is 1. The Bertz CT molecular complexity index is 1750. The second kappa shape index (κ2) is 15.6. The van der Waals surface area contributed by atoms with Gasteiger partial charge in [-0.1, -0.05) is 77.8 Å². The highest BCUT2D eigenvalue weighted by Gasteiger charge is 2.71. The van der Waals surface area contributed by atoms with Crippen molar-refractivity contribution in [3.05, 3.63) is 46.0 Å². The molecule has 0 aliphatic heterocycles. The molecular formula is C48H73ClN2O6. The Morgan fingerprint density at radius 2 is 1.65 bits per heavy atom. The number of aliphatic hydroxyl groups excluding tert-OH is 1. The number of aliphatic hydroxyl groups is 1. The molecule has 1 aromatic carbocycles. The number of rotatable bonds is 13. The number of hydrogen-bond acceptors (Lipinski definition) is 7. The number of ketones is 1. The fourth-order valence-electron chi connectivity index (χ4n) is 13.8. The molecule has 5 aliphatic rings. The molecular weight excluding hydrogens is 736 g/mol. The van der Waals surface area contributed by atoms with Crippen LogP contribution in [0.15, 0.2) is 35.4 Å². The van der Waals surface area contributed by atoms with Crippen LogP contribution in [0.1, 0.15) is 132 Å². The number of carbonyl (C=O) groups is 3. The van der Waals surface area contributed by atoms with Crippen molar-refractivity contribution < 1.29 is 29.3 Å². The summed E-state index contributed by atoms with van der Waals surface area (Å²) in [5.41, 5.74) is 1.48. The van der Waals surface area contributed by atoms with Crippen LogP contribution in [0.2, 0.25) is 5.02 Å². The van der Waals surface area contributed by atoms with E-state index >= 15 is 0 Å². The minimum Gasteiger partial charge on any atom is -0.481 e. The lowest BCUT2D eigenvalue weighted by molar-refractivity contribution is -0.235. The second-order valence-electron chi connectivity index (χ2n) is 21.7. The van der Waals surface area contributed by atoms with Gasteiger partial charge in [-0.25, -0.2) is 0 Å². The van der Waals surface area contributed by atoms with E-state index in [0.717, 1.165) is 75.6 Å². The second-order valence-corrected chi connectivity index (χ2v) is 22.2. The predicted octanol–water partition coefficient (Wildman–Crippen LogP) is 9.46. The number of carboxylic acids is 1. The molecule has 1 aromatic rings. The van der Waals surface area contributed by atoms with E-state index in [2.05, 4.69) is 78.4 Å². The Hall–Kier alpha value is -2.26. The average molecular weight is 810 g/mol. The lowest BCUT2D eigenvalue weighted by Gasteiger charge is -2.72. The first kappa shape index (κ1) is 44.3. The van der Waals surface area contributed by atoms with Crippen molar-refractivity contribution in [1.29, 1.82) is 0 Å². The van der Waals surface area contributed by atoms with Gasteiger partial charge in [-0.05, 0) is 142 Å². The molecule has 9 atom stereocenters. The van der Waals surface area contributed by atoms with E-state index < -0.39 is 28.9 Å². The van der Waals surface area contributed by atoms with Crippen LogP contribution < -0.4 is 0 Å². The van der Waals surface area contributed by atoms with Gasteiger partial charge in [0.05, 0.1) is 17.9 Å². The molecule has 0 spiro atoms. The molecule has 9 heteroatoms. The number of ether oxygens (including phenoxy) is 1. The molecule has 0 saturated heterocycles. The summed E-state index contributed by atoms with van der Waals surface area (Å²) in [6, 6.07) is 8.00. The molecule has 0 bridgehead atoms. The van der Waals surface area contributed by atoms with E-state index in [1.165, 1.54) is 5.57 Å². The molecule has 0 unspecified atom stereocenters. The van der Waals surface area contributed by atoms with Gasteiger partial charge in [-0.15, -0.1) is 0 Å². The molecule has 57 heavy (non-hydrogen) atoms. The van der Waals surface area contributed by atoms with E-state index in [1.54, 1.807) is 13.8 Å². The third-order valence-corrected chi connectivity index (χ3v) is 17.3. The summed E-state index contributed by atoms with van der Waals surface area (Å²) in [4.78, 5) is 43.8. The van der Waals surface area contributed by atoms with Gasteiger partial charge in [-0.3, -0.25) is 19.3 Å². The number of halogens is 1. The van der Waals surface area contributed by atoms with Gasteiger partial charge in [0.1, 0.15) is 6.10 Å². The van der Waals surface area contributed by atoms with Crippen LogP contribution in [0, 0.1) is 56.2 Å². The van der Waals surface area contributed by atoms with Crippen LogP contribution in [-0.2, 0) is 25.7 Å². The van der Waals surface area contributed by atoms with E-state index in [4.69, 9.17) is 16.3 Å². The summed E-state index contributed by atoms with van der Waals surface area (Å²) in [6.45, 7) is 22.6. The number of likely N-dealkylation sites (N-methyl/N-ethyl adjacent to an activating group) is 1. The maximum Gasteiger partial charge on any atom is 0.309 e. The van der Waals surface area contributed by atoms with Crippen molar-refractivity contribution >= 4 is 29.3 Å². The van der Waals surface area contributed by atoms with Gasteiger partial charge in [-0.2, -0.15) is 0 Å². The van der Waals surface area contributed by atoms with Crippen molar-refractivity contribution in [2.75, 3.05) is 33.7 Å². The van der Waals surface area contributed by atoms with Crippen LogP contribution in [0.5, 0.6) is 0 Å². The number of carboxylic acid groups (broad SMARTS) is 1. The normalized spacial score (nSPS) is 35.5. The molecule has 6 rings (SSSR count). The highest BCUT2D eigenvalue weighted by Crippen LogP contribution is 2.77. The van der Waals surface area contributed by atoms with E-state index in [-0.39, 0.29) is 51.8 Å². The quantitative estimate of drug-likeness (QED) is 0.190. The van der Waals surface area contributed by atoms with E-state index in [1.807, 2.05) is 18.2 Å².